The first-order chi connectivity index (χ1) is 9.03. The van der Waals surface area contributed by atoms with Crippen molar-refractivity contribution in [1.29, 1.82) is 0 Å². The molecule has 0 saturated heterocycles. The van der Waals surface area contributed by atoms with Crippen LogP contribution in [0.3, 0.4) is 0 Å². The van der Waals surface area contributed by atoms with Crippen LogP contribution in [0.25, 0.3) is 0 Å². The van der Waals surface area contributed by atoms with Gasteiger partial charge in [0.2, 0.25) is 10.0 Å². The third-order valence-electron chi connectivity index (χ3n) is 2.54. The fourth-order valence-electron chi connectivity index (χ4n) is 1.63. The number of hydrogen-bond donors (Lipinski definition) is 2. The van der Waals surface area contributed by atoms with E-state index >= 15 is 0 Å². The van der Waals surface area contributed by atoms with Gasteiger partial charge in [-0.2, -0.15) is 0 Å². The molecule has 1 aromatic carbocycles. The van der Waals surface area contributed by atoms with Gasteiger partial charge in [0.1, 0.15) is 0 Å². The quantitative estimate of drug-likeness (QED) is 0.690. The molecular formula is C13H21ClN2O2S. The van der Waals surface area contributed by atoms with E-state index in [2.05, 4.69) is 17.0 Å². The number of benzene rings is 1. The van der Waals surface area contributed by atoms with Crippen molar-refractivity contribution in [2.75, 3.05) is 23.6 Å². The van der Waals surface area contributed by atoms with E-state index in [4.69, 9.17) is 11.6 Å². The molecular weight excluding hydrogens is 284 g/mol. The SMILES string of the molecule is CCCNCCCCS(=O)(=O)Nc1cccc(Cl)c1. The van der Waals surface area contributed by atoms with E-state index in [-0.39, 0.29) is 5.75 Å². The molecule has 0 atom stereocenters. The second kappa shape index (κ2) is 8.40. The Balaban J connectivity index is 2.32. The summed E-state index contributed by atoms with van der Waals surface area (Å²) in [6.07, 6.45) is 2.59. The lowest BCUT2D eigenvalue weighted by molar-refractivity contribution is 0.590. The second-order valence-corrected chi connectivity index (χ2v) is 6.67. The minimum atomic E-state index is -3.28. The average molecular weight is 305 g/mol. The summed E-state index contributed by atoms with van der Waals surface area (Å²) in [5, 5.41) is 3.76. The third kappa shape index (κ3) is 7.40. The Morgan fingerprint density at radius 1 is 1.21 bits per heavy atom. The Morgan fingerprint density at radius 3 is 2.68 bits per heavy atom. The van der Waals surface area contributed by atoms with Crippen LogP contribution in [-0.2, 0) is 10.0 Å². The molecule has 0 radical (unpaired) electrons. The van der Waals surface area contributed by atoms with Crippen molar-refractivity contribution >= 4 is 27.3 Å². The van der Waals surface area contributed by atoms with E-state index in [9.17, 15) is 8.42 Å². The van der Waals surface area contributed by atoms with Gasteiger partial charge in [0, 0.05) is 10.7 Å². The molecule has 0 spiro atoms. The Labute approximate surface area is 120 Å². The van der Waals surface area contributed by atoms with Crippen molar-refractivity contribution in [3.63, 3.8) is 0 Å². The molecule has 0 unspecified atom stereocenters. The number of halogens is 1. The van der Waals surface area contributed by atoms with Crippen LogP contribution >= 0.6 is 11.6 Å². The van der Waals surface area contributed by atoms with Crippen molar-refractivity contribution < 1.29 is 8.42 Å². The molecule has 0 saturated carbocycles. The van der Waals surface area contributed by atoms with E-state index < -0.39 is 10.0 Å². The van der Waals surface area contributed by atoms with Crippen LogP contribution in [0, 0.1) is 0 Å². The lowest BCUT2D eigenvalue weighted by atomic mass is 10.3. The molecule has 1 aromatic rings. The van der Waals surface area contributed by atoms with Gasteiger partial charge in [-0.1, -0.05) is 24.6 Å². The van der Waals surface area contributed by atoms with Crippen LogP contribution in [0.15, 0.2) is 24.3 Å². The van der Waals surface area contributed by atoms with Crippen LogP contribution in [0.5, 0.6) is 0 Å². The molecule has 0 fully saturated rings. The Hall–Kier alpha value is -0.780. The van der Waals surface area contributed by atoms with Gasteiger partial charge in [-0.05, 0) is 50.6 Å². The molecule has 0 bridgehead atoms. The molecule has 1 rings (SSSR count). The topological polar surface area (TPSA) is 58.2 Å². The predicted molar refractivity (Wildman–Crippen MR) is 81.3 cm³/mol. The van der Waals surface area contributed by atoms with Crippen LogP contribution in [-0.4, -0.2) is 27.3 Å². The van der Waals surface area contributed by atoms with Gasteiger partial charge in [-0.15, -0.1) is 0 Å². The standard InChI is InChI=1S/C13H21ClN2O2S/c1-2-8-15-9-3-4-10-19(17,18)16-13-7-5-6-12(14)11-13/h5-7,11,15-16H,2-4,8-10H2,1H3. The maximum atomic E-state index is 11.8. The van der Waals surface area contributed by atoms with Gasteiger partial charge >= 0.3 is 0 Å². The Kier molecular flexibility index (Phi) is 7.20. The number of hydrogen-bond acceptors (Lipinski definition) is 3. The van der Waals surface area contributed by atoms with E-state index in [0.29, 0.717) is 17.1 Å². The van der Waals surface area contributed by atoms with E-state index in [0.717, 1.165) is 25.9 Å². The zero-order valence-corrected chi connectivity index (χ0v) is 12.7. The highest BCUT2D eigenvalue weighted by atomic mass is 35.5. The molecule has 0 aliphatic heterocycles. The van der Waals surface area contributed by atoms with E-state index in [1.54, 1.807) is 24.3 Å². The van der Waals surface area contributed by atoms with E-state index in [1.165, 1.54) is 0 Å². The van der Waals surface area contributed by atoms with Crippen LogP contribution in [0.2, 0.25) is 5.02 Å². The minimum absolute atomic E-state index is 0.132. The number of anilines is 1. The van der Waals surface area contributed by atoms with Gasteiger partial charge in [-0.25, -0.2) is 8.42 Å². The lowest BCUT2D eigenvalue weighted by Crippen LogP contribution is -2.19. The van der Waals surface area contributed by atoms with Crippen LogP contribution < -0.4 is 10.0 Å². The fourth-order valence-corrected chi connectivity index (χ4v) is 2.99. The highest BCUT2D eigenvalue weighted by molar-refractivity contribution is 7.92. The van der Waals surface area contributed by atoms with Crippen molar-refractivity contribution in [3.05, 3.63) is 29.3 Å². The van der Waals surface area contributed by atoms with Crippen molar-refractivity contribution in [2.45, 2.75) is 26.2 Å². The highest BCUT2D eigenvalue weighted by Gasteiger charge is 2.09. The molecule has 2 N–H and O–H groups in total. The predicted octanol–water partition coefficient (Wildman–Crippen LogP) is 2.86. The van der Waals surface area contributed by atoms with E-state index in [1.807, 2.05) is 0 Å². The molecule has 108 valence electrons. The molecule has 6 heteroatoms. The number of sulfonamides is 1. The van der Waals surface area contributed by atoms with Gasteiger partial charge in [-0.3, -0.25) is 4.72 Å². The van der Waals surface area contributed by atoms with Gasteiger partial charge in [0.25, 0.3) is 0 Å². The van der Waals surface area contributed by atoms with Gasteiger partial charge < -0.3 is 5.32 Å². The van der Waals surface area contributed by atoms with Crippen molar-refractivity contribution in [3.8, 4) is 0 Å². The molecule has 0 aromatic heterocycles. The molecule has 0 amide bonds. The first-order valence-corrected chi connectivity index (χ1v) is 8.53. The summed E-state index contributed by atoms with van der Waals surface area (Å²) in [7, 11) is -3.28. The smallest absolute Gasteiger partial charge is 0.232 e. The fraction of sp³-hybridized carbons (Fsp3) is 0.538. The van der Waals surface area contributed by atoms with Crippen LogP contribution in [0.4, 0.5) is 5.69 Å². The van der Waals surface area contributed by atoms with Crippen molar-refractivity contribution in [2.24, 2.45) is 0 Å². The summed E-state index contributed by atoms with van der Waals surface area (Å²) in [6, 6.07) is 6.71. The van der Waals surface area contributed by atoms with Gasteiger partial charge in [0.15, 0.2) is 0 Å². The summed E-state index contributed by atoms with van der Waals surface area (Å²) in [6.45, 7) is 3.94. The number of unbranched alkanes of at least 4 members (excludes halogenated alkanes) is 1. The summed E-state index contributed by atoms with van der Waals surface area (Å²) in [5.74, 6) is 0.132. The third-order valence-corrected chi connectivity index (χ3v) is 4.15. The second-order valence-electron chi connectivity index (χ2n) is 4.39. The molecule has 0 heterocycles. The van der Waals surface area contributed by atoms with Crippen LogP contribution in [0.1, 0.15) is 26.2 Å². The number of nitrogens with one attached hydrogen (secondary N) is 2. The lowest BCUT2D eigenvalue weighted by Gasteiger charge is -2.08. The maximum absolute atomic E-state index is 11.8. The Bertz CT molecular complexity index is 477. The zero-order valence-electron chi connectivity index (χ0n) is 11.2. The largest absolute Gasteiger partial charge is 0.317 e. The first-order valence-electron chi connectivity index (χ1n) is 6.50. The number of rotatable bonds is 9. The molecule has 19 heavy (non-hydrogen) atoms. The maximum Gasteiger partial charge on any atom is 0.232 e. The van der Waals surface area contributed by atoms with Gasteiger partial charge in [0.05, 0.1) is 5.75 Å². The average Bonchev–Trinajstić information content (AvgIpc) is 2.33. The first kappa shape index (κ1) is 16.3. The summed E-state index contributed by atoms with van der Waals surface area (Å²) in [5.41, 5.74) is 0.511. The summed E-state index contributed by atoms with van der Waals surface area (Å²) >= 11 is 5.81. The summed E-state index contributed by atoms with van der Waals surface area (Å²) < 4.78 is 26.2. The monoisotopic (exact) mass is 304 g/mol. The highest BCUT2D eigenvalue weighted by Crippen LogP contribution is 2.16. The zero-order chi connectivity index (χ0) is 14.1. The Morgan fingerprint density at radius 2 is 2.00 bits per heavy atom. The molecule has 0 aliphatic rings. The van der Waals surface area contributed by atoms with Crippen molar-refractivity contribution in [1.82, 2.24) is 5.32 Å². The minimum Gasteiger partial charge on any atom is -0.317 e. The molecule has 0 aliphatic carbocycles. The summed E-state index contributed by atoms with van der Waals surface area (Å²) in [4.78, 5) is 0. The normalized spacial score (nSPS) is 11.5. The molecule has 4 nitrogen and oxygen atoms in total.